The number of carbonyl (C=O) groups is 1. The van der Waals surface area contributed by atoms with Crippen LogP contribution in [0.25, 0.3) is 0 Å². The number of carbonyl (C=O) groups excluding carboxylic acids is 1. The third-order valence-electron chi connectivity index (χ3n) is 3.36. The van der Waals surface area contributed by atoms with E-state index in [1.807, 2.05) is 0 Å². The minimum atomic E-state index is 0.251. The van der Waals surface area contributed by atoms with Crippen LogP contribution in [0.2, 0.25) is 0 Å². The zero-order valence-electron chi connectivity index (χ0n) is 8.61. The van der Waals surface area contributed by atoms with Gasteiger partial charge in [-0.15, -0.1) is 0 Å². The van der Waals surface area contributed by atoms with Crippen LogP contribution in [0, 0.1) is 0 Å². The van der Waals surface area contributed by atoms with E-state index >= 15 is 0 Å². The molecule has 2 aliphatic rings. The lowest BCUT2D eigenvalue weighted by Gasteiger charge is -2.33. The van der Waals surface area contributed by atoms with Crippen molar-refractivity contribution in [2.24, 2.45) is 0 Å². The molecule has 0 aromatic carbocycles. The average Bonchev–Trinajstić information content (AvgIpc) is 2.99. The van der Waals surface area contributed by atoms with Gasteiger partial charge in [-0.05, 0) is 25.7 Å². The molecule has 14 heavy (non-hydrogen) atoms. The molecule has 0 amide bonds. The Morgan fingerprint density at radius 1 is 1.14 bits per heavy atom. The number of hydrogen-bond donors (Lipinski definition) is 1. The smallest absolute Gasteiger partial charge is 0.133 e. The number of nitrogens with zero attached hydrogens (tertiary/aromatic N) is 1. The van der Waals surface area contributed by atoms with Gasteiger partial charge in [-0.3, -0.25) is 9.69 Å². The second-order valence-electron chi connectivity index (χ2n) is 4.46. The maximum absolute atomic E-state index is 11.1. The Morgan fingerprint density at radius 3 is 2.21 bits per heavy atom. The van der Waals surface area contributed by atoms with E-state index in [1.165, 1.54) is 12.8 Å². The lowest BCUT2D eigenvalue weighted by Crippen LogP contribution is -2.41. The number of rotatable bonds is 4. The Kier molecular flexibility index (Phi) is 3.19. The number of hydrogen-bond acceptors (Lipinski definition) is 3. The van der Waals surface area contributed by atoms with Crippen LogP contribution in [0.3, 0.4) is 0 Å². The highest BCUT2D eigenvalue weighted by atomic mass is 16.3. The molecule has 2 aliphatic carbocycles. The minimum Gasteiger partial charge on any atom is -0.395 e. The van der Waals surface area contributed by atoms with Crippen LogP contribution in [-0.4, -0.2) is 41.0 Å². The quantitative estimate of drug-likeness (QED) is 0.729. The van der Waals surface area contributed by atoms with Crippen LogP contribution in [0.4, 0.5) is 0 Å². The molecule has 2 fully saturated rings. The van der Waals surface area contributed by atoms with Crippen molar-refractivity contribution in [3.8, 4) is 0 Å². The molecule has 0 aliphatic heterocycles. The van der Waals surface area contributed by atoms with Gasteiger partial charge in [-0.2, -0.15) is 0 Å². The first kappa shape index (κ1) is 10.1. The van der Waals surface area contributed by atoms with Gasteiger partial charge in [0.1, 0.15) is 5.78 Å². The van der Waals surface area contributed by atoms with Gasteiger partial charge in [0.05, 0.1) is 6.61 Å². The number of aliphatic hydroxyl groups is 1. The fraction of sp³-hybridized carbons (Fsp3) is 0.909. The highest BCUT2D eigenvalue weighted by molar-refractivity contribution is 5.79. The predicted octanol–water partition coefficient (Wildman–Crippen LogP) is 0.955. The van der Waals surface area contributed by atoms with E-state index < -0.39 is 0 Å². The molecule has 3 nitrogen and oxygen atoms in total. The predicted molar refractivity (Wildman–Crippen MR) is 54.1 cm³/mol. The van der Waals surface area contributed by atoms with Crippen molar-refractivity contribution in [3.05, 3.63) is 0 Å². The molecule has 0 bridgehead atoms. The summed E-state index contributed by atoms with van der Waals surface area (Å²) >= 11 is 0. The lowest BCUT2D eigenvalue weighted by atomic mass is 9.93. The summed E-state index contributed by atoms with van der Waals surface area (Å²) in [6, 6.07) is 1.27. The molecule has 0 atom stereocenters. The average molecular weight is 197 g/mol. The summed E-state index contributed by atoms with van der Waals surface area (Å²) in [5.41, 5.74) is 0. The summed E-state index contributed by atoms with van der Waals surface area (Å²) in [4.78, 5) is 13.5. The van der Waals surface area contributed by atoms with Gasteiger partial charge < -0.3 is 5.11 Å². The third-order valence-corrected chi connectivity index (χ3v) is 3.36. The van der Waals surface area contributed by atoms with E-state index in [1.54, 1.807) is 0 Å². The summed E-state index contributed by atoms with van der Waals surface area (Å²) < 4.78 is 0. The zero-order chi connectivity index (χ0) is 9.97. The van der Waals surface area contributed by atoms with E-state index in [0.717, 1.165) is 32.2 Å². The van der Waals surface area contributed by atoms with Crippen molar-refractivity contribution in [1.82, 2.24) is 4.90 Å². The van der Waals surface area contributed by atoms with Crippen LogP contribution >= 0.6 is 0 Å². The molecule has 0 heterocycles. The molecular weight excluding hydrogens is 178 g/mol. The highest BCUT2D eigenvalue weighted by Gasteiger charge is 2.34. The van der Waals surface area contributed by atoms with Gasteiger partial charge in [-0.1, -0.05) is 0 Å². The summed E-state index contributed by atoms with van der Waals surface area (Å²) in [6.45, 7) is 1.05. The van der Waals surface area contributed by atoms with Gasteiger partial charge in [0.2, 0.25) is 0 Å². The Balaban J connectivity index is 1.86. The van der Waals surface area contributed by atoms with Gasteiger partial charge in [0, 0.05) is 31.5 Å². The molecule has 0 saturated heterocycles. The standard InChI is InChI=1S/C11H19NO2/c13-8-7-12(9-1-2-9)10-3-5-11(14)6-4-10/h9-10,13H,1-8H2. The van der Waals surface area contributed by atoms with Crippen molar-refractivity contribution < 1.29 is 9.90 Å². The first-order valence-corrected chi connectivity index (χ1v) is 5.69. The molecule has 80 valence electrons. The van der Waals surface area contributed by atoms with Gasteiger partial charge >= 0.3 is 0 Å². The molecule has 2 saturated carbocycles. The van der Waals surface area contributed by atoms with Crippen molar-refractivity contribution in [3.63, 3.8) is 0 Å². The molecule has 0 radical (unpaired) electrons. The number of ketones is 1. The monoisotopic (exact) mass is 197 g/mol. The number of Topliss-reactive ketones (excluding diaryl/α,β-unsaturated/α-hetero) is 1. The van der Waals surface area contributed by atoms with Crippen molar-refractivity contribution in [2.45, 2.75) is 50.6 Å². The summed E-state index contributed by atoms with van der Waals surface area (Å²) in [6.07, 6.45) is 6.08. The Bertz CT molecular complexity index is 203. The second kappa shape index (κ2) is 4.41. The maximum Gasteiger partial charge on any atom is 0.133 e. The van der Waals surface area contributed by atoms with E-state index in [2.05, 4.69) is 4.90 Å². The Morgan fingerprint density at radius 2 is 1.71 bits per heavy atom. The van der Waals surface area contributed by atoms with E-state index in [4.69, 9.17) is 5.11 Å². The van der Waals surface area contributed by atoms with Gasteiger partial charge in [0.25, 0.3) is 0 Å². The first-order valence-electron chi connectivity index (χ1n) is 5.69. The number of aliphatic hydroxyl groups excluding tert-OH is 1. The normalized spacial score (nSPS) is 24.6. The molecule has 3 heteroatoms. The summed E-state index contributed by atoms with van der Waals surface area (Å²) in [7, 11) is 0. The fourth-order valence-corrected chi connectivity index (χ4v) is 2.44. The van der Waals surface area contributed by atoms with Crippen LogP contribution in [0.15, 0.2) is 0 Å². The van der Waals surface area contributed by atoms with Crippen LogP contribution in [0.5, 0.6) is 0 Å². The zero-order valence-corrected chi connectivity index (χ0v) is 8.61. The van der Waals surface area contributed by atoms with Gasteiger partial charge in [-0.25, -0.2) is 0 Å². The van der Waals surface area contributed by atoms with E-state index in [0.29, 0.717) is 17.9 Å². The third kappa shape index (κ3) is 2.34. The topological polar surface area (TPSA) is 40.5 Å². The van der Waals surface area contributed by atoms with E-state index in [9.17, 15) is 4.79 Å². The first-order chi connectivity index (χ1) is 6.81. The largest absolute Gasteiger partial charge is 0.395 e. The SMILES string of the molecule is O=C1CCC(N(CCO)C2CC2)CC1. The van der Waals surface area contributed by atoms with Crippen molar-refractivity contribution in [2.75, 3.05) is 13.2 Å². The molecule has 2 rings (SSSR count). The van der Waals surface area contributed by atoms with Crippen molar-refractivity contribution >= 4 is 5.78 Å². The molecule has 0 aromatic rings. The van der Waals surface area contributed by atoms with Gasteiger partial charge in [0.15, 0.2) is 0 Å². The highest BCUT2D eigenvalue weighted by Crippen LogP contribution is 2.32. The Labute approximate surface area is 85.1 Å². The molecule has 1 N–H and O–H groups in total. The van der Waals surface area contributed by atoms with Crippen LogP contribution in [0.1, 0.15) is 38.5 Å². The second-order valence-corrected chi connectivity index (χ2v) is 4.46. The Hall–Kier alpha value is -0.410. The van der Waals surface area contributed by atoms with Crippen molar-refractivity contribution in [1.29, 1.82) is 0 Å². The summed E-state index contributed by atoms with van der Waals surface area (Å²) in [5, 5.41) is 8.99. The van der Waals surface area contributed by atoms with Crippen LogP contribution < -0.4 is 0 Å². The maximum atomic E-state index is 11.1. The van der Waals surface area contributed by atoms with Crippen LogP contribution in [-0.2, 0) is 4.79 Å². The lowest BCUT2D eigenvalue weighted by molar-refractivity contribution is -0.121. The summed E-state index contributed by atoms with van der Waals surface area (Å²) in [5.74, 6) is 0.418. The molecule has 0 aromatic heterocycles. The fourth-order valence-electron chi connectivity index (χ4n) is 2.44. The molecular formula is C11H19NO2. The minimum absolute atomic E-state index is 0.251. The van der Waals surface area contributed by atoms with E-state index in [-0.39, 0.29) is 6.61 Å². The molecule has 0 unspecified atom stereocenters. The molecule has 0 spiro atoms.